The second kappa shape index (κ2) is 7.11. The summed E-state index contributed by atoms with van der Waals surface area (Å²) in [4.78, 5) is 11.8. The number of hydrogen-bond acceptors (Lipinski definition) is 2. The minimum atomic E-state index is -0.215. The highest BCUT2D eigenvalue weighted by atomic mass is 35.5. The number of rotatable bonds is 3. The highest BCUT2D eigenvalue weighted by Crippen LogP contribution is 2.20. The van der Waals surface area contributed by atoms with Crippen molar-refractivity contribution in [2.75, 3.05) is 0 Å². The summed E-state index contributed by atoms with van der Waals surface area (Å²) in [6, 6.07) is 5.29. The summed E-state index contributed by atoms with van der Waals surface area (Å²) in [6.45, 7) is 0. The van der Waals surface area contributed by atoms with Crippen molar-refractivity contribution in [3.8, 4) is 0 Å². The molecule has 108 valence electrons. The molecule has 0 atom stereocenters. The van der Waals surface area contributed by atoms with Crippen molar-refractivity contribution in [1.82, 2.24) is 5.32 Å². The predicted molar refractivity (Wildman–Crippen MR) is 81.9 cm³/mol. The maximum atomic E-state index is 11.8. The number of amides is 1. The number of carbonyl (C=O) groups is 1. The molecule has 1 saturated carbocycles. The molecular formula is C15H17Cl2NO2. The first-order valence-corrected chi connectivity index (χ1v) is 7.41. The normalized spacial score (nSPS) is 22.9. The van der Waals surface area contributed by atoms with Crippen LogP contribution in [-0.4, -0.2) is 23.2 Å². The monoisotopic (exact) mass is 313 g/mol. The van der Waals surface area contributed by atoms with Gasteiger partial charge in [0.05, 0.1) is 6.10 Å². The number of aliphatic hydroxyl groups excluding tert-OH is 1. The molecule has 5 heteroatoms. The van der Waals surface area contributed by atoms with E-state index in [-0.39, 0.29) is 18.1 Å². The van der Waals surface area contributed by atoms with Gasteiger partial charge in [-0.05, 0) is 55.5 Å². The SMILES string of the molecule is O=C(/C=C\c1cc(Cl)cc(Cl)c1)NC1CCC(O)CC1. The van der Waals surface area contributed by atoms with Crippen LogP contribution in [0, 0.1) is 0 Å². The smallest absolute Gasteiger partial charge is 0.244 e. The standard InChI is InChI=1S/C15H17Cl2NO2/c16-11-7-10(8-12(17)9-11)1-6-15(20)18-13-2-4-14(19)5-3-13/h1,6-9,13-14,19H,2-5H2,(H,18,20)/b6-1-. The highest BCUT2D eigenvalue weighted by molar-refractivity contribution is 6.34. The second-order valence-corrected chi connectivity index (χ2v) is 5.92. The van der Waals surface area contributed by atoms with E-state index in [9.17, 15) is 9.90 Å². The van der Waals surface area contributed by atoms with E-state index in [0.717, 1.165) is 31.2 Å². The first-order valence-electron chi connectivity index (χ1n) is 6.65. The molecule has 1 aliphatic carbocycles. The zero-order chi connectivity index (χ0) is 14.5. The van der Waals surface area contributed by atoms with E-state index >= 15 is 0 Å². The molecule has 0 saturated heterocycles. The number of nitrogens with one attached hydrogen (secondary N) is 1. The number of carbonyl (C=O) groups excluding carboxylic acids is 1. The predicted octanol–water partition coefficient (Wildman–Crippen LogP) is 3.43. The number of benzene rings is 1. The molecule has 0 radical (unpaired) electrons. The van der Waals surface area contributed by atoms with Gasteiger partial charge < -0.3 is 10.4 Å². The summed E-state index contributed by atoms with van der Waals surface area (Å²) in [7, 11) is 0. The Morgan fingerprint density at radius 2 is 1.75 bits per heavy atom. The number of aliphatic hydroxyl groups is 1. The van der Waals surface area contributed by atoms with E-state index < -0.39 is 0 Å². The van der Waals surface area contributed by atoms with Crippen LogP contribution in [0.2, 0.25) is 10.0 Å². The molecule has 1 fully saturated rings. The fourth-order valence-corrected chi connectivity index (χ4v) is 2.86. The molecule has 1 aliphatic rings. The van der Waals surface area contributed by atoms with Gasteiger partial charge in [-0.25, -0.2) is 0 Å². The van der Waals surface area contributed by atoms with Gasteiger partial charge in [0.1, 0.15) is 0 Å². The van der Waals surface area contributed by atoms with Crippen molar-refractivity contribution >= 4 is 35.2 Å². The Hall–Kier alpha value is -1.03. The van der Waals surface area contributed by atoms with E-state index in [4.69, 9.17) is 23.2 Å². The van der Waals surface area contributed by atoms with Crippen LogP contribution >= 0.6 is 23.2 Å². The van der Waals surface area contributed by atoms with Gasteiger partial charge in [-0.1, -0.05) is 23.2 Å². The molecule has 3 nitrogen and oxygen atoms in total. The van der Waals surface area contributed by atoms with Crippen LogP contribution in [0.5, 0.6) is 0 Å². The molecule has 0 aliphatic heterocycles. The lowest BCUT2D eigenvalue weighted by molar-refractivity contribution is -0.117. The Kier molecular flexibility index (Phi) is 5.46. The Bertz CT molecular complexity index is 488. The van der Waals surface area contributed by atoms with Gasteiger partial charge in [-0.3, -0.25) is 4.79 Å². The van der Waals surface area contributed by atoms with Crippen LogP contribution in [0.4, 0.5) is 0 Å². The summed E-state index contributed by atoms with van der Waals surface area (Å²) >= 11 is 11.8. The van der Waals surface area contributed by atoms with E-state index in [1.807, 2.05) is 0 Å². The van der Waals surface area contributed by atoms with Gasteiger partial charge in [0.2, 0.25) is 5.91 Å². The Labute approximate surface area is 128 Å². The summed E-state index contributed by atoms with van der Waals surface area (Å²) in [5.41, 5.74) is 0.789. The molecular weight excluding hydrogens is 297 g/mol. The molecule has 1 aromatic rings. The fraction of sp³-hybridized carbons (Fsp3) is 0.400. The molecule has 1 amide bonds. The molecule has 20 heavy (non-hydrogen) atoms. The molecule has 2 N–H and O–H groups in total. The quantitative estimate of drug-likeness (QED) is 0.840. The first kappa shape index (κ1) is 15.4. The van der Waals surface area contributed by atoms with E-state index in [0.29, 0.717) is 10.0 Å². The van der Waals surface area contributed by atoms with Crippen molar-refractivity contribution in [1.29, 1.82) is 0 Å². The van der Waals surface area contributed by atoms with Crippen molar-refractivity contribution in [2.24, 2.45) is 0 Å². The first-order chi connectivity index (χ1) is 9.52. The molecule has 0 unspecified atom stereocenters. The zero-order valence-corrected chi connectivity index (χ0v) is 12.5. The molecule has 0 aromatic heterocycles. The Morgan fingerprint density at radius 1 is 1.15 bits per heavy atom. The molecule has 1 aromatic carbocycles. The summed E-state index contributed by atoms with van der Waals surface area (Å²) < 4.78 is 0. The topological polar surface area (TPSA) is 49.3 Å². The molecule has 0 bridgehead atoms. The van der Waals surface area contributed by atoms with E-state index in [1.54, 1.807) is 24.3 Å². The average Bonchev–Trinajstić information content (AvgIpc) is 2.38. The maximum absolute atomic E-state index is 11.8. The zero-order valence-electron chi connectivity index (χ0n) is 11.0. The summed E-state index contributed by atoms with van der Waals surface area (Å²) in [5.74, 6) is -0.137. The largest absolute Gasteiger partial charge is 0.393 e. The van der Waals surface area contributed by atoms with Gasteiger partial charge in [0.15, 0.2) is 0 Å². The van der Waals surface area contributed by atoms with Crippen LogP contribution in [0.15, 0.2) is 24.3 Å². The van der Waals surface area contributed by atoms with Crippen LogP contribution in [0.25, 0.3) is 6.08 Å². The van der Waals surface area contributed by atoms with Gasteiger partial charge in [0.25, 0.3) is 0 Å². The van der Waals surface area contributed by atoms with Gasteiger partial charge in [-0.2, -0.15) is 0 Å². The van der Waals surface area contributed by atoms with Crippen molar-refractivity contribution in [2.45, 2.75) is 37.8 Å². The average molecular weight is 314 g/mol. The van der Waals surface area contributed by atoms with Gasteiger partial charge in [-0.15, -0.1) is 0 Å². The van der Waals surface area contributed by atoms with Gasteiger partial charge in [0, 0.05) is 22.2 Å². The third-order valence-electron chi connectivity index (χ3n) is 3.36. The Morgan fingerprint density at radius 3 is 2.35 bits per heavy atom. The van der Waals surface area contributed by atoms with Crippen molar-refractivity contribution in [3.63, 3.8) is 0 Å². The third kappa shape index (κ3) is 4.82. The second-order valence-electron chi connectivity index (χ2n) is 5.05. The maximum Gasteiger partial charge on any atom is 0.244 e. The molecule has 0 spiro atoms. The van der Waals surface area contributed by atoms with E-state index in [2.05, 4.69) is 5.32 Å². The van der Waals surface area contributed by atoms with Crippen LogP contribution in [0.3, 0.4) is 0 Å². The highest BCUT2D eigenvalue weighted by Gasteiger charge is 2.19. The summed E-state index contributed by atoms with van der Waals surface area (Å²) in [5, 5.41) is 13.4. The lowest BCUT2D eigenvalue weighted by Gasteiger charge is -2.25. The number of hydrogen-bond donors (Lipinski definition) is 2. The lowest BCUT2D eigenvalue weighted by atomic mass is 9.93. The Balaban J connectivity index is 1.89. The van der Waals surface area contributed by atoms with E-state index in [1.165, 1.54) is 6.08 Å². The minimum Gasteiger partial charge on any atom is -0.393 e. The molecule has 2 rings (SSSR count). The van der Waals surface area contributed by atoms with Crippen molar-refractivity contribution in [3.05, 3.63) is 39.9 Å². The van der Waals surface area contributed by atoms with Crippen molar-refractivity contribution < 1.29 is 9.90 Å². The lowest BCUT2D eigenvalue weighted by Crippen LogP contribution is -2.37. The van der Waals surface area contributed by atoms with Gasteiger partial charge >= 0.3 is 0 Å². The number of halogens is 2. The van der Waals surface area contributed by atoms with Crippen LogP contribution < -0.4 is 5.32 Å². The molecule has 0 heterocycles. The van der Waals surface area contributed by atoms with Crippen LogP contribution in [0.1, 0.15) is 31.2 Å². The summed E-state index contributed by atoms with van der Waals surface area (Å²) in [6.07, 6.45) is 6.09. The van der Waals surface area contributed by atoms with Crippen LogP contribution in [-0.2, 0) is 4.79 Å². The third-order valence-corrected chi connectivity index (χ3v) is 3.79. The minimum absolute atomic E-state index is 0.137. The fourth-order valence-electron chi connectivity index (χ4n) is 2.31.